The van der Waals surface area contributed by atoms with Gasteiger partial charge in [0.1, 0.15) is 6.33 Å². The SMILES string of the molecule is CC1CN(CCSC(C)(C)C)c2ncnn2C1. The summed E-state index contributed by atoms with van der Waals surface area (Å²) in [7, 11) is 0. The predicted octanol–water partition coefficient (Wildman–Crippen LogP) is 2.27. The van der Waals surface area contributed by atoms with Crippen LogP contribution in [-0.4, -0.2) is 38.4 Å². The molecule has 1 aliphatic rings. The summed E-state index contributed by atoms with van der Waals surface area (Å²) in [5, 5.41) is 4.27. The van der Waals surface area contributed by atoms with Crippen molar-refractivity contribution >= 4 is 17.7 Å². The summed E-state index contributed by atoms with van der Waals surface area (Å²) in [6.45, 7) is 12.2. The smallest absolute Gasteiger partial charge is 0.223 e. The number of anilines is 1. The van der Waals surface area contributed by atoms with Crippen LogP contribution in [0.3, 0.4) is 0 Å². The summed E-state index contributed by atoms with van der Waals surface area (Å²) in [5.41, 5.74) is 0. The average molecular weight is 254 g/mol. The topological polar surface area (TPSA) is 34.0 Å². The van der Waals surface area contributed by atoms with Gasteiger partial charge in [-0.25, -0.2) is 4.68 Å². The second-order valence-electron chi connectivity index (χ2n) is 5.75. The molecular formula is C12H22N4S. The first kappa shape index (κ1) is 12.7. The number of fused-ring (bicyclic) bond motifs is 1. The van der Waals surface area contributed by atoms with E-state index in [1.807, 2.05) is 16.4 Å². The Labute approximate surface area is 108 Å². The maximum absolute atomic E-state index is 4.36. The second kappa shape index (κ2) is 4.88. The van der Waals surface area contributed by atoms with E-state index in [1.165, 1.54) is 0 Å². The third kappa shape index (κ3) is 3.37. The molecule has 2 heterocycles. The fourth-order valence-electron chi connectivity index (χ4n) is 2.10. The van der Waals surface area contributed by atoms with Crippen LogP contribution in [0.5, 0.6) is 0 Å². The van der Waals surface area contributed by atoms with E-state index in [0.29, 0.717) is 10.7 Å². The number of hydrogen-bond acceptors (Lipinski definition) is 4. The van der Waals surface area contributed by atoms with E-state index < -0.39 is 0 Å². The Morgan fingerprint density at radius 2 is 2.18 bits per heavy atom. The molecule has 2 rings (SSSR count). The number of hydrogen-bond donors (Lipinski definition) is 0. The van der Waals surface area contributed by atoms with E-state index in [4.69, 9.17) is 0 Å². The quantitative estimate of drug-likeness (QED) is 0.828. The molecular weight excluding hydrogens is 232 g/mol. The molecule has 0 bridgehead atoms. The molecule has 1 aliphatic heterocycles. The zero-order chi connectivity index (χ0) is 12.5. The molecule has 0 spiro atoms. The maximum Gasteiger partial charge on any atom is 0.223 e. The summed E-state index contributed by atoms with van der Waals surface area (Å²) in [6, 6.07) is 0. The third-order valence-electron chi connectivity index (χ3n) is 2.79. The Balaban J connectivity index is 1.94. The van der Waals surface area contributed by atoms with Gasteiger partial charge in [-0.3, -0.25) is 0 Å². The molecule has 1 unspecified atom stereocenters. The van der Waals surface area contributed by atoms with Crippen LogP contribution in [0.2, 0.25) is 0 Å². The zero-order valence-electron chi connectivity index (χ0n) is 11.2. The lowest BCUT2D eigenvalue weighted by Gasteiger charge is -2.32. The number of nitrogens with zero attached hydrogens (tertiary/aromatic N) is 4. The van der Waals surface area contributed by atoms with Gasteiger partial charge in [-0.1, -0.05) is 27.7 Å². The number of thioether (sulfide) groups is 1. The Kier molecular flexibility index (Phi) is 3.66. The molecule has 0 N–H and O–H groups in total. The van der Waals surface area contributed by atoms with Crippen LogP contribution < -0.4 is 4.90 Å². The molecule has 17 heavy (non-hydrogen) atoms. The van der Waals surface area contributed by atoms with E-state index in [1.54, 1.807) is 6.33 Å². The molecule has 0 aliphatic carbocycles. The van der Waals surface area contributed by atoms with E-state index in [2.05, 4.69) is 42.7 Å². The van der Waals surface area contributed by atoms with Gasteiger partial charge in [0, 0.05) is 30.1 Å². The minimum atomic E-state index is 0.342. The van der Waals surface area contributed by atoms with Gasteiger partial charge in [-0.15, -0.1) is 0 Å². The Morgan fingerprint density at radius 1 is 1.41 bits per heavy atom. The molecule has 0 aromatic carbocycles. The molecule has 1 aromatic heterocycles. The highest BCUT2D eigenvalue weighted by atomic mass is 32.2. The third-order valence-corrected chi connectivity index (χ3v) is 4.04. The van der Waals surface area contributed by atoms with Crippen molar-refractivity contribution < 1.29 is 0 Å². The largest absolute Gasteiger partial charge is 0.340 e. The van der Waals surface area contributed by atoms with Crippen LogP contribution in [0.25, 0.3) is 0 Å². The van der Waals surface area contributed by atoms with Crippen molar-refractivity contribution in [3.8, 4) is 0 Å². The van der Waals surface area contributed by atoms with Crippen LogP contribution in [0.4, 0.5) is 5.95 Å². The summed E-state index contributed by atoms with van der Waals surface area (Å²) < 4.78 is 2.37. The van der Waals surface area contributed by atoms with Gasteiger partial charge in [-0.05, 0) is 5.92 Å². The Bertz CT molecular complexity index is 369. The predicted molar refractivity (Wildman–Crippen MR) is 73.6 cm³/mol. The van der Waals surface area contributed by atoms with Crippen LogP contribution >= 0.6 is 11.8 Å². The van der Waals surface area contributed by atoms with Crippen molar-refractivity contribution in [3.05, 3.63) is 6.33 Å². The van der Waals surface area contributed by atoms with Gasteiger partial charge in [-0.2, -0.15) is 21.8 Å². The van der Waals surface area contributed by atoms with E-state index >= 15 is 0 Å². The van der Waals surface area contributed by atoms with Crippen LogP contribution in [0, 0.1) is 5.92 Å². The lowest BCUT2D eigenvalue weighted by molar-refractivity contribution is 0.406. The monoisotopic (exact) mass is 254 g/mol. The minimum absolute atomic E-state index is 0.342. The van der Waals surface area contributed by atoms with Crippen LogP contribution in [0.15, 0.2) is 6.33 Å². The molecule has 0 amide bonds. The van der Waals surface area contributed by atoms with Crippen molar-refractivity contribution in [3.63, 3.8) is 0 Å². The van der Waals surface area contributed by atoms with Crippen molar-refractivity contribution in [2.45, 2.75) is 39.0 Å². The molecule has 0 radical (unpaired) electrons. The van der Waals surface area contributed by atoms with Crippen molar-refractivity contribution in [2.24, 2.45) is 5.92 Å². The van der Waals surface area contributed by atoms with Crippen LogP contribution in [-0.2, 0) is 6.54 Å². The van der Waals surface area contributed by atoms with Gasteiger partial charge in [0.15, 0.2) is 0 Å². The van der Waals surface area contributed by atoms with E-state index in [0.717, 1.165) is 31.3 Å². The molecule has 5 heteroatoms. The summed E-state index contributed by atoms with van der Waals surface area (Å²) in [6.07, 6.45) is 1.66. The highest BCUT2D eigenvalue weighted by Crippen LogP contribution is 2.25. The van der Waals surface area contributed by atoms with Crippen LogP contribution in [0.1, 0.15) is 27.7 Å². The highest BCUT2D eigenvalue weighted by Gasteiger charge is 2.23. The molecule has 0 saturated heterocycles. The molecule has 4 nitrogen and oxygen atoms in total. The lowest BCUT2D eigenvalue weighted by Crippen LogP contribution is -2.39. The number of aromatic nitrogens is 3. The van der Waals surface area contributed by atoms with Gasteiger partial charge in [0.05, 0.1) is 0 Å². The first-order valence-electron chi connectivity index (χ1n) is 6.22. The zero-order valence-corrected chi connectivity index (χ0v) is 12.0. The van der Waals surface area contributed by atoms with E-state index in [-0.39, 0.29) is 0 Å². The van der Waals surface area contributed by atoms with Gasteiger partial charge in [0.25, 0.3) is 0 Å². The lowest BCUT2D eigenvalue weighted by atomic mass is 10.1. The average Bonchev–Trinajstić information content (AvgIpc) is 2.63. The Morgan fingerprint density at radius 3 is 2.88 bits per heavy atom. The fraction of sp³-hybridized carbons (Fsp3) is 0.833. The first-order chi connectivity index (χ1) is 7.96. The molecule has 1 atom stereocenters. The summed E-state index contributed by atoms with van der Waals surface area (Å²) in [5.74, 6) is 2.84. The van der Waals surface area contributed by atoms with Gasteiger partial charge in [0.2, 0.25) is 5.95 Å². The van der Waals surface area contributed by atoms with Crippen molar-refractivity contribution in [1.82, 2.24) is 14.8 Å². The first-order valence-corrected chi connectivity index (χ1v) is 7.21. The highest BCUT2D eigenvalue weighted by molar-refractivity contribution is 8.00. The van der Waals surface area contributed by atoms with Crippen molar-refractivity contribution in [2.75, 3.05) is 23.7 Å². The van der Waals surface area contributed by atoms with Gasteiger partial charge >= 0.3 is 0 Å². The molecule has 0 fully saturated rings. The minimum Gasteiger partial charge on any atom is -0.340 e. The summed E-state index contributed by atoms with van der Waals surface area (Å²) in [4.78, 5) is 6.72. The van der Waals surface area contributed by atoms with Gasteiger partial charge < -0.3 is 4.90 Å². The molecule has 0 saturated carbocycles. The normalized spacial score (nSPS) is 20.5. The Hall–Kier alpha value is -0.710. The second-order valence-corrected chi connectivity index (χ2v) is 7.68. The number of rotatable bonds is 3. The summed E-state index contributed by atoms with van der Waals surface area (Å²) >= 11 is 2.01. The molecule has 1 aromatic rings. The molecule has 96 valence electrons. The standard InChI is InChI=1S/C12H22N4S/c1-10-7-15(5-6-17-12(2,3)4)11-13-9-14-16(11)8-10/h9-10H,5-8H2,1-4H3. The maximum atomic E-state index is 4.36. The fourth-order valence-corrected chi connectivity index (χ4v) is 3.02. The van der Waals surface area contributed by atoms with E-state index in [9.17, 15) is 0 Å². The van der Waals surface area contributed by atoms with Crippen molar-refractivity contribution in [1.29, 1.82) is 0 Å².